The van der Waals surface area contributed by atoms with E-state index in [1.54, 1.807) is 0 Å². The molecule has 1 aliphatic rings. The molecule has 0 aromatic rings. The van der Waals surface area contributed by atoms with E-state index in [-0.39, 0.29) is 18.1 Å². The average molecular weight is 300 g/mol. The number of nitrogens with zero attached hydrogens (tertiary/aromatic N) is 1. The van der Waals surface area contributed by atoms with Gasteiger partial charge in [0.05, 0.1) is 19.3 Å². The van der Waals surface area contributed by atoms with Crippen molar-refractivity contribution in [2.24, 2.45) is 0 Å². The summed E-state index contributed by atoms with van der Waals surface area (Å²) in [5.41, 5.74) is 0. The van der Waals surface area contributed by atoms with Gasteiger partial charge in [-0.1, -0.05) is 13.8 Å². The summed E-state index contributed by atoms with van der Waals surface area (Å²) in [5, 5.41) is 3.31. The molecule has 0 aromatic heterocycles. The Morgan fingerprint density at radius 1 is 1.43 bits per heavy atom. The largest absolute Gasteiger partial charge is 0.465 e. The van der Waals surface area contributed by atoms with Gasteiger partial charge in [-0.05, 0) is 39.7 Å². The molecule has 5 nitrogen and oxygen atoms in total. The Kier molecular flexibility index (Phi) is 8.88. The summed E-state index contributed by atoms with van der Waals surface area (Å²) in [7, 11) is 0. The highest BCUT2D eigenvalue weighted by molar-refractivity contribution is 5.75. The molecule has 0 radical (unpaired) electrons. The molecule has 0 aromatic carbocycles. The van der Waals surface area contributed by atoms with Gasteiger partial charge in [-0.2, -0.15) is 0 Å². The SMILES string of the molecule is CCCNC(CCN1CC(C)OCC1CC)C(=O)OCC. The molecule has 0 bridgehead atoms. The molecule has 3 atom stereocenters. The number of carbonyl (C=O) groups excluding carboxylic acids is 1. The molecule has 1 fully saturated rings. The number of rotatable bonds is 9. The summed E-state index contributed by atoms with van der Waals surface area (Å²) >= 11 is 0. The second-order valence-electron chi connectivity index (χ2n) is 5.75. The van der Waals surface area contributed by atoms with Crippen LogP contribution in [0.5, 0.6) is 0 Å². The first-order chi connectivity index (χ1) is 10.1. The molecule has 21 heavy (non-hydrogen) atoms. The van der Waals surface area contributed by atoms with Crippen molar-refractivity contribution in [3.05, 3.63) is 0 Å². The van der Waals surface area contributed by atoms with Crippen LogP contribution in [0.3, 0.4) is 0 Å². The van der Waals surface area contributed by atoms with Gasteiger partial charge in [0.15, 0.2) is 0 Å². The molecule has 0 aliphatic carbocycles. The van der Waals surface area contributed by atoms with E-state index < -0.39 is 0 Å². The minimum atomic E-state index is -0.194. The van der Waals surface area contributed by atoms with Crippen LogP contribution in [-0.4, -0.2) is 61.9 Å². The smallest absolute Gasteiger partial charge is 0.323 e. The predicted octanol–water partition coefficient (Wildman–Crippen LogP) is 1.81. The highest BCUT2D eigenvalue weighted by atomic mass is 16.5. The van der Waals surface area contributed by atoms with E-state index in [1.165, 1.54) is 0 Å². The van der Waals surface area contributed by atoms with Crippen LogP contribution in [0, 0.1) is 0 Å². The second kappa shape index (κ2) is 10.1. The lowest BCUT2D eigenvalue weighted by molar-refractivity contribution is -0.146. The quantitative estimate of drug-likeness (QED) is 0.658. The van der Waals surface area contributed by atoms with Crippen LogP contribution in [-0.2, 0) is 14.3 Å². The van der Waals surface area contributed by atoms with Gasteiger partial charge in [0.1, 0.15) is 6.04 Å². The monoisotopic (exact) mass is 300 g/mol. The topological polar surface area (TPSA) is 50.8 Å². The van der Waals surface area contributed by atoms with E-state index in [1.807, 2.05) is 6.92 Å². The number of hydrogen-bond donors (Lipinski definition) is 1. The summed E-state index contributed by atoms with van der Waals surface area (Å²) in [6.07, 6.45) is 3.17. The third-order valence-electron chi connectivity index (χ3n) is 3.97. The van der Waals surface area contributed by atoms with Gasteiger partial charge in [0.2, 0.25) is 0 Å². The molecule has 1 N–H and O–H groups in total. The van der Waals surface area contributed by atoms with E-state index in [9.17, 15) is 4.79 Å². The summed E-state index contributed by atoms with van der Waals surface area (Å²) in [6.45, 7) is 12.2. The predicted molar refractivity (Wildman–Crippen MR) is 84.4 cm³/mol. The maximum absolute atomic E-state index is 12.0. The highest BCUT2D eigenvalue weighted by Crippen LogP contribution is 2.15. The summed E-state index contributed by atoms with van der Waals surface area (Å²) < 4.78 is 10.9. The molecule has 1 heterocycles. The first-order valence-corrected chi connectivity index (χ1v) is 8.37. The lowest BCUT2D eigenvalue weighted by atomic mass is 10.1. The molecule has 0 spiro atoms. The van der Waals surface area contributed by atoms with Crippen molar-refractivity contribution < 1.29 is 14.3 Å². The fourth-order valence-electron chi connectivity index (χ4n) is 2.72. The second-order valence-corrected chi connectivity index (χ2v) is 5.75. The summed E-state index contributed by atoms with van der Waals surface area (Å²) in [4.78, 5) is 14.5. The fraction of sp³-hybridized carbons (Fsp3) is 0.938. The number of carbonyl (C=O) groups is 1. The van der Waals surface area contributed by atoms with Gasteiger partial charge in [-0.15, -0.1) is 0 Å². The van der Waals surface area contributed by atoms with Gasteiger partial charge < -0.3 is 14.8 Å². The van der Waals surface area contributed by atoms with E-state index in [4.69, 9.17) is 9.47 Å². The Bertz CT molecular complexity index is 299. The Balaban J connectivity index is 2.50. The zero-order chi connectivity index (χ0) is 15.7. The van der Waals surface area contributed by atoms with Crippen molar-refractivity contribution in [3.63, 3.8) is 0 Å². The number of hydrogen-bond acceptors (Lipinski definition) is 5. The lowest BCUT2D eigenvalue weighted by Crippen LogP contribution is -2.50. The molecule has 1 aliphatic heterocycles. The Labute approximate surface area is 129 Å². The maximum atomic E-state index is 12.0. The van der Waals surface area contributed by atoms with Crippen LogP contribution in [0.2, 0.25) is 0 Å². The molecule has 3 unspecified atom stereocenters. The minimum absolute atomic E-state index is 0.125. The molecule has 0 saturated carbocycles. The van der Waals surface area contributed by atoms with Crippen LogP contribution in [0.25, 0.3) is 0 Å². The summed E-state index contributed by atoms with van der Waals surface area (Å²) in [5.74, 6) is -0.125. The van der Waals surface area contributed by atoms with Crippen LogP contribution >= 0.6 is 0 Å². The molecule has 1 rings (SSSR count). The van der Waals surface area contributed by atoms with E-state index in [0.29, 0.717) is 12.6 Å². The van der Waals surface area contributed by atoms with E-state index in [0.717, 1.165) is 45.5 Å². The van der Waals surface area contributed by atoms with Crippen molar-refractivity contribution in [2.75, 3.05) is 32.8 Å². The Morgan fingerprint density at radius 3 is 2.81 bits per heavy atom. The van der Waals surface area contributed by atoms with Crippen LogP contribution < -0.4 is 5.32 Å². The van der Waals surface area contributed by atoms with Gasteiger partial charge in [0.25, 0.3) is 0 Å². The maximum Gasteiger partial charge on any atom is 0.323 e. The number of morpholine rings is 1. The van der Waals surface area contributed by atoms with Gasteiger partial charge >= 0.3 is 5.97 Å². The minimum Gasteiger partial charge on any atom is -0.465 e. The number of nitrogens with one attached hydrogen (secondary N) is 1. The van der Waals surface area contributed by atoms with Crippen LogP contribution in [0.1, 0.15) is 47.0 Å². The van der Waals surface area contributed by atoms with Gasteiger partial charge in [0, 0.05) is 19.1 Å². The third kappa shape index (κ3) is 6.32. The van der Waals surface area contributed by atoms with Crippen molar-refractivity contribution in [3.8, 4) is 0 Å². The third-order valence-corrected chi connectivity index (χ3v) is 3.97. The van der Waals surface area contributed by atoms with Crippen molar-refractivity contribution >= 4 is 5.97 Å². The Hall–Kier alpha value is -0.650. The molecule has 5 heteroatoms. The Morgan fingerprint density at radius 2 is 2.19 bits per heavy atom. The van der Waals surface area contributed by atoms with Crippen molar-refractivity contribution in [1.82, 2.24) is 10.2 Å². The zero-order valence-corrected chi connectivity index (χ0v) is 14.1. The van der Waals surface area contributed by atoms with Crippen LogP contribution in [0.4, 0.5) is 0 Å². The summed E-state index contributed by atoms with van der Waals surface area (Å²) in [6, 6.07) is 0.274. The molecular weight excluding hydrogens is 268 g/mol. The van der Waals surface area contributed by atoms with Gasteiger partial charge in [-0.25, -0.2) is 0 Å². The molecule has 1 saturated heterocycles. The normalized spacial score (nSPS) is 24.8. The first kappa shape index (κ1) is 18.4. The van der Waals surface area contributed by atoms with Crippen molar-refractivity contribution in [1.29, 1.82) is 0 Å². The lowest BCUT2D eigenvalue weighted by Gasteiger charge is -2.38. The molecule has 0 amide bonds. The highest BCUT2D eigenvalue weighted by Gasteiger charge is 2.27. The number of ether oxygens (including phenoxy) is 2. The molecular formula is C16H32N2O3. The standard InChI is InChI=1S/C16H32N2O3/c1-5-9-17-15(16(19)20-7-3)8-10-18-11-13(4)21-12-14(18)6-2/h13-15,17H,5-12H2,1-4H3. The fourth-order valence-corrected chi connectivity index (χ4v) is 2.72. The van der Waals surface area contributed by atoms with E-state index in [2.05, 4.69) is 31.0 Å². The van der Waals surface area contributed by atoms with E-state index >= 15 is 0 Å². The average Bonchev–Trinajstić information content (AvgIpc) is 2.47. The zero-order valence-electron chi connectivity index (χ0n) is 14.1. The first-order valence-electron chi connectivity index (χ1n) is 8.37. The van der Waals surface area contributed by atoms with Crippen molar-refractivity contribution in [2.45, 2.75) is 65.1 Å². The molecule has 124 valence electrons. The van der Waals surface area contributed by atoms with Gasteiger partial charge in [-0.3, -0.25) is 9.69 Å². The van der Waals surface area contributed by atoms with Crippen LogP contribution in [0.15, 0.2) is 0 Å². The number of esters is 1.